The van der Waals surface area contributed by atoms with Crippen LogP contribution in [0.4, 0.5) is 0 Å². The number of benzene rings is 1. The van der Waals surface area contributed by atoms with Gasteiger partial charge in [0, 0.05) is 17.4 Å². The summed E-state index contributed by atoms with van der Waals surface area (Å²) in [6.07, 6.45) is 0.459. The number of rotatable bonds is 4. The number of nitrogens with two attached hydrogens (primary N) is 1. The summed E-state index contributed by atoms with van der Waals surface area (Å²) in [6.45, 7) is 2.02. The standard InChI is InChI=1S/C11H14ClNO/c1-8(14)6-9(7-13)10-4-2-3-5-11(10)12/h2-5,9H,6-7,13H2,1H3/t9-/m1/s1. The van der Waals surface area contributed by atoms with Crippen LogP contribution < -0.4 is 5.73 Å². The van der Waals surface area contributed by atoms with Crippen molar-refractivity contribution in [3.8, 4) is 0 Å². The van der Waals surface area contributed by atoms with Crippen LogP contribution in [0.3, 0.4) is 0 Å². The maximum atomic E-state index is 11.0. The third-order valence-corrected chi connectivity index (χ3v) is 2.51. The molecule has 0 spiro atoms. The molecule has 0 amide bonds. The first kappa shape index (κ1) is 11.2. The van der Waals surface area contributed by atoms with E-state index in [1.807, 2.05) is 24.3 Å². The van der Waals surface area contributed by atoms with Crippen LogP contribution in [0.2, 0.25) is 5.02 Å². The van der Waals surface area contributed by atoms with Gasteiger partial charge in [-0.1, -0.05) is 29.8 Å². The smallest absolute Gasteiger partial charge is 0.130 e. The number of carbonyl (C=O) groups is 1. The summed E-state index contributed by atoms with van der Waals surface area (Å²) in [5.74, 6) is 0.182. The fourth-order valence-corrected chi connectivity index (χ4v) is 1.76. The summed E-state index contributed by atoms with van der Waals surface area (Å²) < 4.78 is 0. The van der Waals surface area contributed by atoms with Crippen LogP contribution in [-0.2, 0) is 4.79 Å². The van der Waals surface area contributed by atoms with Gasteiger partial charge in [0.05, 0.1) is 0 Å². The van der Waals surface area contributed by atoms with E-state index in [-0.39, 0.29) is 11.7 Å². The minimum atomic E-state index is 0.0428. The molecule has 0 saturated carbocycles. The van der Waals surface area contributed by atoms with E-state index in [0.29, 0.717) is 18.0 Å². The molecule has 0 bridgehead atoms. The maximum Gasteiger partial charge on any atom is 0.130 e. The molecule has 1 aromatic rings. The summed E-state index contributed by atoms with van der Waals surface area (Å²) in [7, 11) is 0. The molecule has 0 fully saturated rings. The van der Waals surface area contributed by atoms with Crippen molar-refractivity contribution in [2.75, 3.05) is 6.54 Å². The zero-order valence-corrected chi connectivity index (χ0v) is 8.92. The van der Waals surface area contributed by atoms with Gasteiger partial charge in [-0.15, -0.1) is 0 Å². The Morgan fingerprint density at radius 3 is 2.64 bits per heavy atom. The second kappa shape index (κ2) is 5.13. The van der Waals surface area contributed by atoms with E-state index in [2.05, 4.69) is 0 Å². The molecule has 0 aromatic heterocycles. The Kier molecular flexibility index (Phi) is 4.11. The van der Waals surface area contributed by atoms with Gasteiger partial charge in [0.2, 0.25) is 0 Å². The average molecular weight is 212 g/mol. The van der Waals surface area contributed by atoms with Crippen molar-refractivity contribution in [1.29, 1.82) is 0 Å². The number of Topliss-reactive ketones (excluding diaryl/α,β-unsaturated/α-hetero) is 1. The third-order valence-electron chi connectivity index (χ3n) is 2.16. The second-order valence-electron chi connectivity index (χ2n) is 3.36. The molecule has 0 radical (unpaired) electrons. The Morgan fingerprint density at radius 1 is 1.50 bits per heavy atom. The lowest BCUT2D eigenvalue weighted by Crippen LogP contribution is -2.15. The lowest BCUT2D eigenvalue weighted by atomic mass is 9.94. The average Bonchev–Trinajstić information content (AvgIpc) is 2.15. The monoisotopic (exact) mass is 211 g/mol. The molecule has 0 heterocycles. The number of hydrogen-bond acceptors (Lipinski definition) is 2. The van der Waals surface area contributed by atoms with Crippen LogP contribution in [-0.4, -0.2) is 12.3 Å². The normalized spacial score (nSPS) is 12.5. The molecule has 1 aromatic carbocycles. The fraction of sp³-hybridized carbons (Fsp3) is 0.364. The largest absolute Gasteiger partial charge is 0.330 e. The molecule has 2 nitrogen and oxygen atoms in total. The Morgan fingerprint density at radius 2 is 2.14 bits per heavy atom. The van der Waals surface area contributed by atoms with Gasteiger partial charge in [-0.25, -0.2) is 0 Å². The first-order chi connectivity index (χ1) is 6.65. The lowest BCUT2D eigenvalue weighted by Gasteiger charge is -2.14. The van der Waals surface area contributed by atoms with Crippen molar-refractivity contribution >= 4 is 17.4 Å². The second-order valence-corrected chi connectivity index (χ2v) is 3.77. The molecule has 0 saturated heterocycles. The van der Waals surface area contributed by atoms with E-state index >= 15 is 0 Å². The van der Waals surface area contributed by atoms with Gasteiger partial charge >= 0.3 is 0 Å². The van der Waals surface area contributed by atoms with Gasteiger partial charge < -0.3 is 10.5 Å². The van der Waals surface area contributed by atoms with Gasteiger partial charge in [-0.2, -0.15) is 0 Å². The zero-order valence-electron chi connectivity index (χ0n) is 8.16. The summed E-state index contributed by atoms with van der Waals surface area (Å²) in [4.78, 5) is 11.0. The topological polar surface area (TPSA) is 43.1 Å². The molecular weight excluding hydrogens is 198 g/mol. The first-order valence-electron chi connectivity index (χ1n) is 4.59. The van der Waals surface area contributed by atoms with Gasteiger partial charge in [0.25, 0.3) is 0 Å². The molecule has 76 valence electrons. The summed E-state index contributed by atoms with van der Waals surface area (Å²) in [5.41, 5.74) is 6.58. The van der Waals surface area contributed by atoms with E-state index in [9.17, 15) is 4.79 Å². The van der Waals surface area contributed by atoms with Gasteiger partial charge in [0.15, 0.2) is 0 Å². The van der Waals surface area contributed by atoms with Crippen molar-refractivity contribution in [2.45, 2.75) is 19.3 Å². The Bertz CT molecular complexity index is 325. The van der Waals surface area contributed by atoms with E-state index in [0.717, 1.165) is 5.56 Å². The molecule has 1 rings (SSSR count). The van der Waals surface area contributed by atoms with Crippen LogP contribution in [0.5, 0.6) is 0 Å². The van der Waals surface area contributed by atoms with Crippen LogP contribution in [0.1, 0.15) is 24.8 Å². The molecule has 1 atom stereocenters. The van der Waals surface area contributed by atoms with Crippen LogP contribution in [0, 0.1) is 0 Å². The molecular formula is C11H14ClNO. The predicted molar refractivity (Wildman–Crippen MR) is 58.5 cm³/mol. The third kappa shape index (κ3) is 2.82. The van der Waals surface area contributed by atoms with Gasteiger partial charge in [-0.05, 0) is 25.1 Å². The molecule has 2 N–H and O–H groups in total. The van der Waals surface area contributed by atoms with Crippen LogP contribution in [0.25, 0.3) is 0 Å². The highest BCUT2D eigenvalue weighted by atomic mass is 35.5. The molecule has 0 aliphatic heterocycles. The minimum Gasteiger partial charge on any atom is -0.330 e. The van der Waals surface area contributed by atoms with Crippen molar-refractivity contribution in [1.82, 2.24) is 0 Å². The van der Waals surface area contributed by atoms with Crippen LogP contribution >= 0.6 is 11.6 Å². The SMILES string of the molecule is CC(=O)C[C@H](CN)c1ccccc1Cl. The fourth-order valence-electron chi connectivity index (χ4n) is 1.47. The highest BCUT2D eigenvalue weighted by Gasteiger charge is 2.14. The summed E-state index contributed by atoms with van der Waals surface area (Å²) in [5, 5.41) is 0.684. The Hall–Kier alpha value is -0.860. The van der Waals surface area contributed by atoms with Gasteiger partial charge in [-0.3, -0.25) is 0 Å². The van der Waals surface area contributed by atoms with E-state index in [1.165, 1.54) is 0 Å². The van der Waals surface area contributed by atoms with Gasteiger partial charge in [0.1, 0.15) is 5.78 Å². The lowest BCUT2D eigenvalue weighted by molar-refractivity contribution is -0.117. The van der Waals surface area contributed by atoms with E-state index in [4.69, 9.17) is 17.3 Å². The van der Waals surface area contributed by atoms with E-state index < -0.39 is 0 Å². The molecule has 0 aliphatic carbocycles. The molecule has 0 unspecified atom stereocenters. The Labute approximate surface area is 89.1 Å². The summed E-state index contributed by atoms with van der Waals surface area (Å²) >= 11 is 6.01. The van der Waals surface area contributed by atoms with Crippen molar-refractivity contribution in [2.24, 2.45) is 5.73 Å². The molecule has 14 heavy (non-hydrogen) atoms. The number of halogens is 1. The van der Waals surface area contributed by atoms with Crippen molar-refractivity contribution < 1.29 is 4.79 Å². The molecule has 0 aliphatic rings. The quantitative estimate of drug-likeness (QED) is 0.831. The van der Waals surface area contributed by atoms with E-state index in [1.54, 1.807) is 6.92 Å². The Balaban J connectivity index is 2.89. The van der Waals surface area contributed by atoms with Crippen LogP contribution in [0.15, 0.2) is 24.3 Å². The molecule has 3 heteroatoms. The number of hydrogen-bond donors (Lipinski definition) is 1. The predicted octanol–water partition coefficient (Wildman–Crippen LogP) is 2.36. The highest BCUT2D eigenvalue weighted by Crippen LogP contribution is 2.26. The zero-order chi connectivity index (χ0) is 10.6. The van der Waals surface area contributed by atoms with Crippen molar-refractivity contribution in [3.63, 3.8) is 0 Å². The highest BCUT2D eigenvalue weighted by molar-refractivity contribution is 6.31. The first-order valence-corrected chi connectivity index (χ1v) is 4.97. The number of ketones is 1. The van der Waals surface area contributed by atoms with Crippen molar-refractivity contribution in [3.05, 3.63) is 34.9 Å². The number of carbonyl (C=O) groups excluding carboxylic acids is 1. The summed E-state index contributed by atoms with van der Waals surface area (Å²) in [6, 6.07) is 7.51. The maximum absolute atomic E-state index is 11.0. The minimum absolute atomic E-state index is 0.0428.